The average molecular weight is 557 g/mol. The van der Waals surface area contributed by atoms with Crippen LogP contribution in [0.2, 0.25) is 10.0 Å². The van der Waals surface area contributed by atoms with Crippen molar-refractivity contribution in [2.45, 2.75) is 13.5 Å². The normalized spacial score (nSPS) is 14.3. The van der Waals surface area contributed by atoms with Crippen molar-refractivity contribution in [2.24, 2.45) is 0 Å². The number of methoxy groups -OCH3 is 1. The van der Waals surface area contributed by atoms with Gasteiger partial charge < -0.3 is 14.8 Å². The van der Waals surface area contributed by atoms with Crippen molar-refractivity contribution in [3.8, 4) is 11.5 Å². The quantitative estimate of drug-likeness (QED) is 0.316. The van der Waals surface area contributed by atoms with Crippen LogP contribution in [0.5, 0.6) is 11.5 Å². The molecule has 1 fully saturated rings. The Hall–Kier alpha value is -3.46. The molecule has 0 radical (unpaired) electrons. The van der Waals surface area contributed by atoms with Crippen LogP contribution in [0.25, 0.3) is 6.08 Å². The molecule has 1 saturated heterocycles. The molecular formula is C27H22Cl2N2O5S. The third kappa shape index (κ3) is 6.65. The highest BCUT2D eigenvalue weighted by Gasteiger charge is 2.35. The molecule has 0 bridgehead atoms. The molecule has 1 heterocycles. The number of benzene rings is 3. The van der Waals surface area contributed by atoms with Gasteiger partial charge in [-0.1, -0.05) is 47.5 Å². The van der Waals surface area contributed by atoms with Crippen LogP contribution in [0.4, 0.5) is 10.5 Å². The molecular weight excluding hydrogens is 535 g/mol. The highest BCUT2D eigenvalue weighted by molar-refractivity contribution is 8.18. The first-order valence-electron chi connectivity index (χ1n) is 11.1. The summed E-state index contributed by atoms with van der Waals surface area (Å²) in [5, 5.41) is 3.15. The zero-order valence-corrected chi connectivity index (χ0v) is 22.2. The number of hydrogen-bond acceptors (Lipinski definition) is 6. The van der Waals surface area contributed by atoms with E-state index in [1.54, 1.807) is 48.5 Å². The molecule has 10 heteroatoms. The molecule has 0 saturated carbocycles. The molecule has 1 aliphatic rings. The van der Waals surface area contributed by atoms with E-state index in [2.05, 4.69) is 5.32 Å². The highest BCUT2D eigenvalue weighted by Crippen LogP contribution is 2.39. The largest absolute Gasteiger partial charge is 0.493 e. The molecule has 4 rings (SSSR count). The van der Waals surface area contributed by atoms with Crippen LogP contribution in [0.1, 0.15) is 16.7 Å². The number of imide groups is 1. The third-order valence-corrected chi connectivity index (χ3v) is 6.77. The van der Waals surface area contributed by atoms with Crippen molar-refractivity contribution < 1.29 is 23.9 Å². The SMILES string of the molecule is COc1cc(/C=C2\SC(=O)N(Cc3ccc(Cl)cc3)C2=O)cc(Cl)c1OCC(=O)Nc1cccc(C)c1. The molecule has 1 N–H and O–H groups in total. The van der Waals surface area contributed by atoms with E-state index in [0.717, 1.165) is 22.9 Å². The number of anilines is 1. The van der Waals surface area contributed by atoms with Crippen LogP contribution in [0, 0.1) is 6.92 Å². The standard InChI is InChI=1S/C27H22Cl2N2O5S/c1-16-4-3-5-20(10-16)30-24(32)15-36-25-21(29)11-18(12-22(25)35-2)13-23-26(33)31(27(34)37-23)14-17-6-8-19(28)9-7-17/h3-13H,14-15H2,1-2H3,(H,30,32)/b23-13-. The minimum absolute atomic E-state index is 0.140. The Morgan fingerprint density at radius 3 is 2.54 bits per heavy atom. The van der Waals surface area contributed by atoms with Crippen molar-refractivity contribution in [3.05, 3.63) is 92.3 Å². The van der Waals surface area contributed by atoms with Crippen molar-refractivity contribution in [2.75, 3.05) is 19.0 Å². The van der Waals surface area contributed by atoms with Crippen molar-refractivity contribution in [1.82, 2.24) is 4.90 Å². The van der Waals surface area contributed by atoms with E-state index >= 15 is 0 Å². The number of nitrogens with one attached hydrogen (secondary N) is 1. The number of nitrogens with zero attached hydrogens (tertiary/aromatic N) is 1. The first-order chi connectivity index (χ1) is 17.7. The van der Waals surface area contributed by atoms with E-state index in [0.29, 0.717) is 16.3 Å². The van der Waals surface area contributed by atoms with Gasteiger partial charge in [-0.05, 0) is 77.9 Å². The minimum atomic E-state index is -0.409. The fourth-order valence-corrected chi connectivity index (χ4v) is 4.82. The Bertz CT molecular complexity index is 1390. The summed E-state index contributed by atoms with van der Waals surface area (Å²) >= 11 is 13.2. The topological polar surface area (TPSA) is 84.9 Å². The Morgan fingerprint density at radius 2 is 1.84 bits per heavy atom. The molecule has 0 aliphatic carbocycles. The maximum atomic E-state index is 12.9. The summed E-state index contributed by atoms with van der Waals surface area (Å²) in [5.74, 6) is -0.297. The van der Waals surface area contributed by atoms with Gasteiger partial charge >= 0.3 is 0 Å². The van der Waals surface area contributed by atoms with Crippen LogP contribution in [0.15, 0.2) is 65.6 Å². The molecule has 37 heavy (non-hydrogen) atoms. The summed E-state index contributed by atoms with van der Waals surface area (Å²) in [5.41, 5.74) is 3.00. The summed E-state index contributed by atoms with van der Waals surface area (Å²) in [4.78, 5) is 39.2. The van der Waals surface area contributed by atoms with Gasteiger partial charge in [-0.15, -0.1) is 0 Å². The Kier molecular flexibility index (Phi) is 8.43. The zero-order valence-electron chi connectivity index (χ0n) is 19.9. The molecule has 190 valence electrons. The number of ether oxygens (including phenoxy) is 2. The molecule has 7 nitrogen and oxygen atoms in total. The summed E-state index contributed by atoms with van der Waals surface area (Å²) in [7, 11) is 1.44. The molecule has 0 unspecified atom stereocenters. The van der Waals surface area contributed by atoms with Gasteiger partial charge in [0.15, 0.2) is 18.1 Å². The Morgan fingerprint density at radius 1 is 1.08 bits per heavy atom. The number of halogens is 2. The third-order valence-electron chi connectivity index (χ3n) is 5.33. The van der Waals surface area contributed by atoms with E-state index in [1.807, 2.05) is 25.1 Å². The number of carbonyl (C=O) groups is 3. The minimum Gasteiger partial charge on any atom is -0.493 e. The molecule has 3 aromatic carbocycles. The smallest absolute Gasteiger partial charge is 0.293 e. The lowest BCUT2D eigenvalue weighted by atomic mass is 10.1. The van der Waals surface area contributed by atoms with Crippen LogP contribution >= 0.6 is 35.0 Å². The van der Waals surface area contributed by atoms with Gasteiger partial charge in [0.2, 0.25) is 0 Å². The van der Waals surface area contributed by atoms with Crippen molar-refractivity contribution >= 4 is 63.8 Å². The van der Waals surface area contributed by atoms with Gasteiger partial charge in [-0.3, -0.25) is 19.3 Å². The highest BCUT2D eigenvalue weighted by atomic mass is 35.5. The van der Waals surface area contributed by atoms with E-state index < -0.39 is 5.91 Å². The number of thioether (sulfide) groups is 1. The van der Waals surface area contributed by atoms with Crippen LogP contribution < -0.4 is 14.8 Å². The summed E-state index contributed by atoms with van der Waals surface area (Å²) in [6, 6.07) is 17.5. The average Bonchev–Trinajstić information content (AvgIpc) is 3.11. The maximum Gasteiger partial charge on any atom is 0.293 e. The van der Waals surface area contributed by atoms with Gasteiger partial charge in [0, 0.05) is 10.7 Å². The van der Waals surface area contributed by atoms with E-state index in [1.165, 1.54) is 12.0 Å². The second-order valence-corrected chi connectivity index (χ2v) is 9.97. The number of rotatable bonds is 8. The van der Waals surface area contributed by atoms with Crippen molar-refractivity contribution in [3.63, 3.8) is 0 Å². The van der Waals surface area contributed by atoms with Gasteiger partial charge in [0.1, 0.15) is 0 Å². The number of carbonyl (C=O) groups excluding carboxylic acids is 3. The molecule has 3 amide bonds. The number of hydrogen-bond donors (Lipinski definition) is 1. The number of aryl methyl sites for hydroxylation is 1. The Balaban J connectivity index is 1.46. The second-order valence-electron chi connectivity index (χ2n) is 8.13. The lowest BCUT2D eigenvalue weighted by Gasteiger charge is -2.14. The van der Waals surface area contributed by atoms with E-state index in [4.69, 9.17) is 32.7 Å². The predicted molar refractivity (Wildman–Crippen MR) is 146 cm³/mol. The molecule has 3 aromatic rings. The van der Waals surface area contributed by atoms with E-state index in [9.17, 15) is 14.4 Å². The second kappa shape index (κ2) is 11.7. The monoisotopic (exact) mass is 556 g/mol. The number of amides is 3. The molecule has 0 spiro atoms. The molecule has 0 atom stereocenters. The van der Waals surface area contributed by atoms with Crippen LogP contribution in [0.3, 0.4) is 0 Å². The first-order valence-corrected chi connectivity index (χ1v) is 12.7. The molecule has 0 aromatic heterocycles. The lowest BCUT2D eigenvalue weighted by molar-refractivity contribution is -0.123. The van der Waals surface area contributed by atoms with Crippen LogP contribution in [-0.4, -0.2) is 35.7 Å². The van der Waals surface area contributed by atoms with Gasteiger partial charge in [0.25, 0.3) is 17.1 Å². The fourth-order valence-electron chi connectivity index (χ4n) is 3.58. The summed E-state index contributed by atoms with van der Waals surface area (Å²) in [6.45, 7) is 1.78. The summed E-state index contributed by atoms with van der Waals surface area (Å²) < 4.78 is 11.0. The fraction of sp³-hybridized carbons (Fsp3) is 0.148. The van der Waals surface area contributed by atoms with Gasteiger partial charge in [-0.2, -0.15) is 0 Å². The predicted octanol–water partition coefficient (Wildman–Crippen LogP) is 6.56. The zero-order chi connectivity index (χ0) is 26.5. The Labute approximate surface area is 228 Å². The summed E-state index contributed by atoms with van der Waals surface area (Å²) in [6.07, 6.45) is 1.56. The van der Waals surface area contributed by atoms with E-state index in [-0.39, 0.29) is 45.7 Å². The maximum absolute atomic E-state index is 12.9. The lowest BCUT2D eigenvalue weighted by Crippen LogP contribution is -2.27. The molecule has 1 aliphatic heterocycles. The first kappa shape index (κ1) is 26.6. The van der Waals surface area contributed by atoms with Gasteiger partial charge in [-0.25, -0.2) is 0 Å². The van der Waals surface area contributed by atoms with Crippen LogP contribution in [-0.2, 0) is 16.1 Å². The van der Waals surface area contributed by atoms with Crippen molar-refractivity contribution in [1.29, 1.82) is 0 Å². The van der Waals surface area contributed by atoms with Gasteiger partial charge in [0.05, 0.1) is 23.6 Å².